The first-order valence-corrected chi connectivity index (χ1v) is 9.80. The Labute approximate surface area is 182 Å². The maximum Gasteiger partial charge on any atom is 0.248 e. The summed E-state index contributed by atoms with van der Waals surface area (Å²) in [5.41, 5.74) is 2.86. The van der Waals surface area contributed by atoms with Gasteiger partial charge in [0.2, 0.25) is 24.4 Å². The van der Waals surface area contributed by atoms with Gasteiger partial charge in [0.05, 0.1) is 12.6 Å². The number of nitrogens with one attached hydrogen (secondary N) is 1. The lowest BCUT2D eigenvalue weighted by atomic mass is 10.1. The Balaban J connectivity index is 1.27. The van der Waals surface area contributed by atoms with Crippen molar-refractivity contribution in [3.8, 4) is 23.0 Å². The van der Waals surface area contributed by atoms with Crippen LogP contribution < -0.4 is 14.8 Å². The fourth-order valence-electron chi connectivity index (χ4n) is 3.17. The highest BCUT2D eigenvalue weighted by atomic mass is 16.7. The molecule has 1 amide bonds. The third-order valence-corrected chi connectivity index (χ3v) is 4.70. The molecule has 2 aromatic carbocycles. The number of carbonyl (C=O) groups is 1. The molecule has 1 aliphatic heterocycles. The van der Waals surface area contributed by atoms with Gasteiger partial charge in [0.1, 0.15) is 5.69 Å². The van der Waals surface area contributed by atoms with Crippen LogP contribution in [0.4, 0.5) is 5.69 Å². The van der Waals surface area contributed by atoms with Crippen LogP contribution in [-0.4, -0.2) is 32.8 Å². The Morgan fingerprint density at radius 1 is 1.09 bits per heavy atom. The number of fused-ring (bicyclic) bond motifs is 1. The highest BCUT2D eigenvalue weighted by molar-refractivity contribution is 6.02. The van der Waals surface area contributed by atoms with Crippen molar-refractivity contribution in [1.82, 2.24) is 20.1 Å². The molecule has 0 bridgehead atoms. The molecule has 0 aliphatic carbocycles. The van der Waals surface area contributed by atoms with Crippen LogP contribution in [0.15, 0.2) is 71.7 Å². The van der Waals surface area contributed by atoms with Gasteiger partial charge in [0, 0.05) is 24.2 Å². The number of hydrogen-bond acceptors (Lipinski definition) is 8. The third kappa shape index (κ3) is 4.31. The summed E-state index contributed by atoms with van der Waals surface area (Å²) in [6.45, 7) is 0.208. The molecule has 9 heteroatoms. The zero-order chi connectivity index (χ0) is 21.8. The number of carbonyl (C=O) groups excluding carboxylic acids is 1. The van der Waals surface area contributed by atoms with E-state index in [9.17, 15) is 4.79 Å². The maximum atomic E-state index is 12.5. The number of aromatic nitrogens is 4. The summed E-state index contributed by atoms with van der Waals surface area (Å²) in [6.07, 6.45) is 8.24. The minimum Gasteiger partial charge on any atom is -0.454 e. The highest BCUT2D eigenvalue weighted by Gasteiger charge is 2.14. The molecule has 1 aliphatic rings. The standard InChI is InChI=1S/C23H17N5O4/c29-21(8-6-15-5-7-19-20(11-15)31-14-30-19)26-17-4-2-1-3-16(17)12-22-27-23(28-32-22)18-13-24-9-10-25-18/h1-11,13H,12,14H2,(H,26,29)/b8-6+. The summed E-state index contributed by atoms with van der Waals surface area (Å²) in [7, 11) is 0. The van der Waals surface area contributed by atoms with Crippen LogP contribution in [0, 0.1) is 0 Å². The smallest absolute Gasteiger partial charge is 0.248 e. The molecule has 0 saturated carbocycles. The number of ether oxygens (including phenoxy) is 2. The summed E-state index contributed by atoms with van der Waals surface area (Å²) in [6, 6.07) is 12.9. The second kappa shape index (κ2) is 8.68. The molecule has 0 saturated heterocycles. The van der Waals surface area contributed by atoms with E-state index in [1.54, 1.807) is 24.7 Å². The van der Waals surface area contributed by atoms with Crippen LogP contribution in [0.3, 0.4) is 0 Å². The molecule has 32 heavy (non-hydrogen) atoms. The first-order valence-electron chi connectivity index (χ1n) is 9.80. The monoisotopic (exact) mass is 427 g/mol. The molecule has 0 unspecified atom stereocenters. The highest BCUT2D eigenvalue weighted by Crippen LogP contribution is 2.32. The molecule has 1 N–H and O–H groups in total. The number of rotatable bonds is 6. The summed E-state index contributed by atoms with van der Waals surface area (Å²) in [5.74, 6) is 1.87. The quantitative estimate of drug-likeness (QED) is 0.465. The Morgan fingerprint density at radius 3 is 2.91 bits per heavy atom. The average Bonchev–Trinajstić information content (AvgIpc) is 3.49. The molecule has 0 atom stereocenters. The van der Waals surface area contributed by atoms with Crippen LogP contribution in [0.5, 0.6) is 11.5 Å². The number of para-hydroxylation sites is 1. The lowest BCUT2D eigenvalue weighted by Crippen LogP contribution is -2.10. The van der Waals surface area contributed by atoms with Crippen molar-refractivity contribution < 1.29 is 18.8 Å². The minimum absolute atomic E-state index is 0.208. The fourth-order valence-corrected chi connectivity index (χ4v) is 3.17. The van der Waals surface area contributed by atoms with Crippen LogP contribution in [0.2, 0.25) is 0 Å². The van der Waals surface area contributed by atoms with E-state index in [-0.39, 0.29) is 12.7 Å². The van der Waals surface area contributed by atoms with Gasteiger partial charge in [-0.2, -0.15) is 4.98 Å². The van der Waals surface area contributed by atoms with Crippen LogP contribution in [-0.2, 0) is 11.2 Å². The Kier molecular flexibility index (Phi) is 5.27. The second-order valence-corrected chi connectivity index (χ2v) is 6.87. The van der Waals surface area contributed by atoms with E-state index in [0.717, 1.165) is 11.1 Å². The van der Waals surface area contributed by atoms with E-state index < -0.39 is 0 Å². The van der Waals surface area contributed by atoms with Crippen LogP contribution in [0.1, 0.15) is 17.0 Å². The minimum atomic E-state index is -0.263. The van der Waals surface area contributed by atoms with Gasteiger partial charge in [-0.15, -0.1) is 0 Å². The van der Waals surface area contributed by atoms with Crippen molar-refractivity contribution in [3.63, 3.8) is 0 Å². The molecule has 3 heterocycles. The molecule has 158 valence electrons. The van der Waals surface area contributed by atoms with Crippen LogP contribution in [0.25, 0.3) is 17.6 Å². The molecule has 5 rings (SSSR count). The van der Waals surface area contributed by atoms with E-state index in [0.29, 0.717) is 41.0 Å². The predicted octanol–water partition coefficient (Wildman–Crippen LogP) is 3.50. The zero-order valence-electron chi connectivity index (χ0n) is 16.8. The van der Waals surface area contributed by atoms with Gasteiger partial charge in [-0.3, -0.25) is 9.78 Å². The van der Waals surface area contributed by atoms with Crippen molar-refractivity contribution in [1.29, 1.82) is 0 Å². The number of hydrogen-bond donors (Lipinski definition) is 1. The summed E-state index contributed by atoms with van der Waals surface area (Å²) in [4.78, 5) is 25.0. The van der Waals surface area contributed by atoms with E-state index in [2.05, 4.69) is 25.4 Å². The molecule has 9 nitrogen and oxygen atoms in total. The SMILES string of the molecule is O=C(/C=C/c1ccc2c(c1)OCO2)Nc1ccccc1Cc1nc(-c2cnccn2)no1. The average molecular weight is 427 g/mol. The van der Waals surface area contributed by atoms with E-state index in [1.807, 2.05) is 42.5 Å². The summed E-state index contributed by atoms with van der Waals surface area (Å²) in [5, 5.41) is 6.85. The van der Waals surface area contributed by atoms with Gasteiger partial charge in [0.25, 0.3) is 0 Å². The first kappa shape index (κ1) is 19.4. The Hall–Kier alpha value is -4.53. The number of nitrogens with zero attached hydrogens (tertiary/aromatic N) is 4. The van der Waals surface area contributed by atoms with Crippen molar-refractivity contribution in [2.75, 3.05) is 12.1 Å². The normalized spacial score (nSPS) is 12.2. The van der Waals surface area contributed by atoms with Crippen molar-refractivity contribution >= 4 is 17.7 Å². The van der Waals surface area contributed by atoms with E-state index in [1.165, 1.54) is 6.08 Å². The summed E-state index contributed by atoms with van der Waals surface area (Å²) >= 11 is 0. The van der Waals surface area contributed by atoms with Gasteiger partial charge in [-0.05, 0) is 35.4 Å². The molecule has 0 fully saturated rings. The molecule has 4 aromatic rings. The Bertz CT molecular complexity index is 1290. The Morgan fingerprint density at radius 2 is 2.00 bits per heavy atom. The number of anilines is 1. The molecule has 0 radical (unpaired) electrons. The lowest BCUT2D eigenvalue weighted by molar-refractivity contribution is -0.111. The van der Waals surface area contributed by atoms with Crippen molar-refractivity contribution in [3.05, 3.63) is 84.1 Å². The van der Waals surface area contributed by atoms with Gasteiger partial charge >= 0.3 is 0 Å². The number of benzene rings is 2. The first-order chi connectivity index (χ1) is 15.7. The van der Waals surface area contributed by atoms with Gasteiger partial charge in [0.15, 0.2) is 11.5 Å². The molecule has 2 aromatic heterocycles. The van der Waals surface area contributed by atoms with Gasteiger partial charge < -0.3 is 19.3 Å². The summed E-state index contributed by atoms with van der Waals surface area (Å²) < 4.78 is 16.0. The zero-order valence-corrected chi connectivity index (χ0v) is 16.8. The number of amides is 1. The van der Waals surface area contributed by atoms with Gasteiger partial charge in [-0.25, -0.2) is 4.98 Å². The fraction of sp³-hybridized carbons (Fsp3) is 0.0870. The second-order valence-electron chi connectivity index (χ2n) is 6.87. The lowest BCUT2D eigenvalue weighted by Gasteiger charge is -2.08. The molecule has 0 spiro atoms. The largest absolute Gasteiger partial charge is 0.454 e. The predicted molar refractivity (Wildman–Crippen MR) is 115 cm³/mol. The maximum absolute atomic E-state index is 12.5. The topological polar surface area (TPSA) is 112 Å². The third-order valence-electron chi connectivity index (χ3n) is 4.70. The van der Waals surface area contributed by atoms with Gasteiger partial charge in [-0.1, -0.05) is 29.4 Å². The van der Waals surface area contributed by atoms with Crippen LogP contribution >= 0.6 is 0 Å². The molecular weight excluding hydrogens is 410 g/mol. The van der Waals surface area contributed by atoms with Crippen molar-refractivity contribution in [2.24, 2.45) is 0 Å². The van der Waals surface area contributed by atoms with E-state index >= 15 is 0 Å². The molecular formula is C23H17N5O4. The van der Waals surface area contributed by atoms with E-state index in [4.69, 9.17) is 14.0 Å². The van der Waals surface area contributed by atoms with Crippen molar-refractivity contribution in [2.45, 2.75) is 6.42 Å².